The van der Waals surface area contributed by atoms with Crippen molar-refractivity contribution in [3.63, 3.8) is 0 Å². The second kappa shape index (κ2) is 5.68. The van der Waals surface area contributed by atoms with Crippen molar-refractivity contribution in [2.24, 2.45) is 11.8 Å². The fraction of sp³-hybridized carbons (Fsp3) is 0.533. The number of carbonyl (C=O) groups excluding carboxylic acids is 1. The zero-order valence-corrected chi connectivity index (χ0v) is 11.0. The number of hydrogen-bond donors (Lipinski definition) is 0. The highest BCUT2D eigenvalue weighted by molar-refractivity contribution is 6.30. The maximum absolute atomic E-state index is 12.2. The van der Waals surface area contributed by atoms with Gasteiger partial charge in [-0.25, -0.2) is 0 Å². The van der Waals surface area contributed by atoms with E-state index in [1.807, 2.05) is 24.3 Å². The lowest BCUT2D eigenvalue weighted by molar-refractivity contribution is -0.123. The van der Waals surface area contributed by atoms with E-state index in [2.05, 4.69) is 6.92 Å². The van der Waals surface area contributed by atoms with Crippen LogP contribution in [-0.2, 0) is 11.2 Å². The van der Waals surface area contributed by atoms with E-state index in [1.54, 1.807) is 0 Å². The van der Waals surface area contributed by atoms with E-state index in [-0.39, 0.29) is 5.92 Å². The number of rotatable bonds is 3. The van der Waals surface area contributed by atoms with Gasteiger partial charge in [-0.3, -0.25) is 4.79 Å². The topological polar surface area (TPSA) is 17.1 Å². The lowest BCUT2D eigenvalue weighted by Crippen LogP contribution is -2.23. The first-order valence-corrected chi connectivity index (χ1v) is 6.80. The minimum Gasteiger partial charge on any atom is -0.299 e. The lowest BCUT2D eigenvalue weighted by atomic mass is 9.79. The van der Waals surface area contributed by atoms with E-state index in [9.17, 15) is 4.79 Å². The summed E-state index contributed by atoms with van der Waals surface area (Å²) < 4.78 is 0. The summed E-state index contributed by atoms with van der Waals surface area (Å²) in [4.78, 5) is 12.2. The summed E-state index contributed by atoms with van der Waals surface area (Å²) in [6, 6.07) is 7.63. The minimum absolute atomic E-state index is 0.276. The molecule has 2 unspecified atom stereocenters. The Kier molecular flexibility index (Phi) is 4.22. The van der Waals surface area contributed by atoms with Crippen molar-refractivity contribution in [3.05, 3.63) is 34.9 Å². The molecule has 0 aromatic heterocycles. The number of ketones is 1. The Labute approximate surface area is 108 Å². The van der Waals surface area contributed by atoms with Gasteiger partial charge in [0.15, 0.2) is 0 Å². The Morgan fingerprint density at radius 3 is 2.94 bits per heavy atom. The Bertz CT molecular complexity index is 400. The van der Waals surface area contributed by atoms with Gasteiger partial charge >= 0.3 is 0 Å². The quantitative estimate of drug-likeness (QED) is 0.783. The summed E-state index contributed by atoms with van der Waals surface area (Å²) >= 11 is 5.93. The molecule has 1 nitrogen and oxygen atoms in total. The molecule has 0 radical (unpaired) electrons. The Morgan fingerprint density at radius 2 is 2.24 bits per heavy atom. The van der Waals surface area contributed by atoms with Gasteiger partial charge in [-0.1, -0.05) is 43.5 Å². The first kappa shape index (κ1) is 12.6. The van der Waals surface area contributed by atoms with Gasteiger partial charge < -0.3 is 0 Å². The molecule has 0 N–H and O–H groups in total. The third kappa shape index (κ3) is 3.57. The molecule has 0 saturated heterocycles. The van der Waals surface area contributed by atoms with Gasteiger partial charge in [0.25, 0.3) is 0 Å². The van der Waals surface area contributed by atoms with E-state index in [0.29, 0.717) is 23.1 Å². The van der Waals surface area contributed by atoms with Gasteiger partial charge in [-0.05, 0) is 36.5 Å². The maximum atomic E-state index is 12.2. The number of carbonyl (C=O) groups is 1. The van der Waals surface area contributed by atoms with E-state index in [0.717, 1.165) is 18.4 Å². The molecule has 2 atom stereocenters. The molecule has 92 valence electrons. The van der Waals surface area contributed by atoms with Crippen molar-refractivity contribution < 1.29 is 4.79 Å². The third-order valence-electron chi connectivity index (χ3n) is 3.66. The fourth-order valence-electron chi connectivity index (χ4n) is 2.72. The summed E-state index contributed by atoms with van der Waals surface area (Å²) in [6.07, 6.45) is 5.16. The van der Waals surface area contributed by atoms with Crippen molar-refractivity contribution >= 4 is 17.4 Å². The molecule has 1 aliphatic carbocycles. The number of hydrogen-bond acceptors (Lipinski definition) is 1. The van der Waals surface area contributed by atoms with Crippen LogP contribution in [0.15, 0.2) is 24.3 Å². The molecule has 0 amide bonds. The highest BCUT2D eigenvalue weighted by Crippen LogP contribution is 2.30. The standard InChI is InChI=1S/C15H19ClO/c1-11-4-2-6-13(8-11)15(17)10-12-5-3-7-14(16)9-12/h3,5,7,9,11,13H,2,4,6,8,10H2,1H3. The van der Waals surface area contributed by atoms with Crippen molar-refractivity contribution in [3.8, 4) is 0 Å². The normalized spacial score (nSPS) is 24.6. The average molecular weight is 251 g/mol. The van der Waals surface area contributed by atoms with Crippen molar-refractivity contribution in [1.29, 1.82) is 0 Å². The predicted molar refractivity (Wildman–Crippen MR) is 71.3 cm³/mol. The SMILES string of the molecule is CC1CCCC(C(=O)Cc2cccc(Cl)c2)C1. The van der Waals surface area contributed by atoms with E-state index in [4.69, 9.17) is 11.6 Å². The van der Waals surface area contributed by atoms with E-state index in [1.165, 1.54) is 12.8 Å². The second-order valence-electron chi connectivity index (χ2n) is 5.24. The number of Topliss-reactive ketones (excluding diaryl/α,β-unsaturated/α-hetero) is 1. The van der Waals surface area contributed by atoms with Gasteiger partial charge in [-0.15, -0.1) is 0 Å². The van der Waals surface area contributed by atoms with Gasteiger partial charge in [0, 0.05) is 17.4 Å². The van der Waals surface area contributed by atoms with Crippen LogP contribution < -0.4 is 0 Å². The number of halogens is 1. The van der Waals surface area contributed by atoms with Crippen molar-refractivity contribution in [1.82, 2.24) is 0 Å². The van der Waals surface area contributed by atoms with Gasteiger partial charge in [-0.2, -0.15) is 0 Å². The first-order chi connectivity index (χ1) is 8.15. The van der Waals surface area contributed by atoms with Crippen LogP contribution >= 0.6 is 11.6 Å². The number of benzene rings is 1. The van der Waals surface area contributed by atoms with Crippen molar-refractivity contribution in [2.45, 2.75) is 39.0 Å². The largest absolute Gasteiger partial charge is 0.299 e. The molecule has 0 bridgehead atoms. The van der Waals surface area contributed by atoms with Crippen LogP contribution in [0.4, 0.5) is 0 Å². The zero-order chi connectivity index (χ0) is 12.3. The van der Waals surface area contributed by atoms with Crippen molar-refractivity contribution in [2.75, 3.05) is 0 Å². The molecule has 2 heteroatoms. The molecule has 1 aliphatic rings. The molecule has 0 spiro atoms. The monoisotopic (exact) mass is 250 g/mol. The molecule has 2 rings (SSSR count). The molecule has 1 aromatic carbocycles. The highest BCUT2D eigenvalue weighted by Gasteiger charge is 2.24. The summed E-state index contributed by atoms with van der Waals surface area (Å²) in [5.74, 6) is 1.37. The smallest absolute Gasteiger partial charge is 0.140 e. The molecule has 0 aliphatic heterocycles. The van der Waals surface area contributed by atoms with Gasteiger partial charge in [0.2, 0.25) is 0 Å². The van der Waals surface area contributed by atoms with E-state index < -0.39 is 0 Å². The molecular formula is C15H19ClO. The molecular weight excluding hydrogens is 232 g/mol. The van der Waals surface area contributed by atoms with Crippen LogP contribution in [0.5, 0.6) is 0 Å². The summed E-state index contributed by atoms with van der Waals surface area (Å²) in [5.41, 5.74) is 1.04. The summed E-state index contributed by atoms with van der Waals surface area (Å²) in [5, 5.41) is 0.715. The van der Waals surface area contributed by atoms with Crippen LogP contribution in [0, 0.1) is 11.8 Å². The average Bonchev–Trinajstić information content (AvgIpc) is 2.29. The van der Waals surface area contributed by atoms with Crippen LogP contribution in [0.3, 0.4) is 0 Å². The van der Waals surface area contributed by atoms with Gasteiger partial charge in [0.1, 0.15) is 5.78 Å². The van der Waals surface area contributed by atoms with Crippen LogP contribution in [0.25, 0.3) is 0 Å². The third-order valence-corrected chi connectivity index (χ3v) is 3.89. The molecule has 1 saturated carbocycles. The fourth-order valence-corrected chi connectivity index (χ4v) is 2.93. The van der Waals surface area contributed by atoms with Crippen LogP contribution in [0.1, 0.15) is 38.2 Å². The highest BCUT2D eigenvalue weighted by atomic mass is 35.5. The summed E-state index contributed by atoms with van der Waals surface area (Å²) in [6.45, 7) is 2.25. The maximum Gasteiger partial charge on any atom is 0.140 e. The van der Waals surface area contributed by atoms with Crippen LogP contribution in [0.2, 0.25) is 5.02 Å². The zero-order valence-electron chi connectivity index (χ0n) is 10.3. The first-order valence-electron chi connectivity index (χ1n) is 6.42. The van der Waals surface area contributed by atoms with E-state index >= 15 is 0 Å². The molecule has 0 heterocycles. The minimum atomic E-state index is 0.276. The van der Waals surface area contributed by atoms with Crippen LogP contribution in [-0.4, -0.2) is 5.78 Å². The Balaban J connectivity index is 1.96. The Morgan fingerprint density at radius 1 is 1.41 bits per heavy atom. The predicted octanol–water partition coefficient (Wildman–Crippen LogP) is 4.28. The lowest BCUT2D eigenvalue weighted by Gasteiger charge is -2.25. The Hall–Kier alpha value is -0.820. The summed E-state index contributed by atoms with van der Waals surface area (Å²) in [7, 11) is 0. The molecule has 1 aromatic rings. The molecule has 17 heavy (non-hydrogen) atoms. The second-order valence-corrected chi connectivity index (χ2v) is 5.68. The van der Waals surface area contributed by atoms with Gasteiger partial charge in [0.05, 0.1) is 0 Å². The molecule has 1 fully saturated rings.